The second-order valence-corrected chi connectivity index (χ2v) is 7.33. The van der Waals surface area contributed by atoms with Crippen molar-refractivity contribution in [2.24, 2.45) is 0 Å². The van der Waals surface area contributed by atoms with Crippen LogP contribution in [0, 0.1) is 13.8 Å². The van der Waals surface area contributed by atoms with Crippen molar-refractivity contribution in [1.82, 2.24) is 14.8 Å². The third-order valence-electron chi connectivity index (χ3n) is 5.22. The number of amides is 1. The number of nitrogens with one attached hydrogen (secondary N) is 2. The quantitative estimate of drug-likeness (QED) is 0.493. The van der Waals surface area contributed by atoms with Crippen LogP contribution >= 0.6 is 0 Å². The Morgan fingerprint density at radius 1 is 1.00 bits per heavy atom. The molecule has 142 valence electrons. The van der Waals surface area contributed by atoms with Gasteiger partial charge in [0.15, 0.2) is 0 Å². The molecule has 1 aliphatic heterocycles. The summed E-state index contributed by atoms with van der Waals surface area (Å²) in [6.07, 6.45) is 5.78. The highest BCUT2D eigenvalue weighted by molar-refractivity contribution is 6.35. The standard InChI is InChI=1S/C24H20N4O/c1-15-10-16(2)26-23(15)12-21-20-11-17(8-9-22(20)27-24(21)29)18-13-25-28(14-18)19-6-4-3-5-7-19/h3-14,26H,1-2H3,(H,27,29). The van der Waals surface area contributed by atoms with Gasteiger partial charge in [0.25, 0.3) is 5.91 Å². The number of carbonyl (C=O) groups excluding carboxylic acids is 1. The van der Waals surface area contributed by atoms with Crippen molar-refractivity contribution < 1.29 is 4.79 Å². The van der Waals surface area contributed by atoms with Crippen LogP contribution in [-0.4, -0.2) is 20.7 Å². The zero-order chi connectivity index (χ0) is 20.0. The van der Waals surface area contributed by atoms with Gasteiger partial charge in [-0.2, -0.15) is 5.10 Å². The molecule has 5 rings (SSSR count). The number of anilines is 1. The van der Waals surface area contributed by atoms with E-state index in [4.69, 9.17) is 0 Å². The minimum Gasteiger partial charge on any atom is -0.359 e. The van der Waals surface area contributed by atoms with Gasteiger partial charge < -0.3 is 10.3 Å². The zero-order valence-electron chi connectivity index (χ0n) is 16.2. The summed E-state index contributed by atoms with van der Waals surface area (Å²) in [6.45, 7) is 4.05. The van der Waals surface area contributed by atoms with Crippen molar-refractivity contribution in [3.05, 3.63) is 89.5 Å². The van der Waals surface area contributed by atoms with Gasteiger partial charge >= 0.3 is 0 Å². The molecule has 5 heteroatoms. The van der Waals surface area contributed by atoms with Crippen LogP contribution in [0.15, 0.2) is 67.0 Å². The highest BCUT2D eigenvalue weighted by atomic mass is 16.2. The van der Waals surface area contributed by atoms with E-state index < -0.39 is 0 Å². The molecule has 29 heavy (non-hydrogen) atoms. The Balaban J connectivity index is 1.55. The van der Waals surface area contributed by atoms with Gasteiger partial charge in [-0.1, -0.05) is 24.3 Å². The van der Waals surface area contributed by atoms with Crippen LogP contribution in [0.3, 0.4) is 0 Å². The lowest BCUT2D eigenvalue weighted by Crippen LogP contribution is -2.03. The summed E-state index contributed by atoms with van der Waals surface area (Å²) in [4.78, 5) is 15.9. The van der Waals surface area contributed by atoms with Gasteiger partial charge in [0.1, 0.15) is 0 Å². The number of benzene rings is 2. The minimum absolute atomic E-state index is 0.0798. The summed E-state index contributed by atoms with van der Waals surface area (Å²) in [5, 5.41) is 7.45. The first-order valence-electron chi connectivity index (χ1n) is 9.52. The lowest BCUT2D eigenvalue weighted by Gasteiger charge is -2.03. The van der Waals surface area contributed by atoms with Gasteiger partial charge in [-0.05, 0) is 61.4 Å². The van der Waals surface area contributed by atoms with Crippen molar-refractivity contribution >= 4 is 23.2 Å². The van der Waals surface area contributed by atoms with Crippen molar-refractivity contribution in [2.75, 3.05) is 5.32 Å². The molecule has 0 fully saturated rings. The van der Waals surface area contributed by atoms with Crippen LogP contribution in [0.4, 0.5) is 5.69 Å². The number of aromatic nitrogens is 3. The van der Waals surface area contributed by atoms with E-state index in [1.54, 1.807) is 0 Å². The number of fused-ring (bicyclic) bond motifs is 1. The largest absolute Gasteiger partial charge is 0.359 e. The molecule has 1 amide bonds. The van der Waals surface area contributed by atoms with Crippen molar-refractivity contribution in [3.8, 4) is 16.8 Å². The Labute approximate surface area is 168 Å². The molecule has 2 aromatic heterocycles. The molecule has 2 aromatic carbocycles. The predicted octanol–water partition coefficient (Wildman–Crippen LogP) is 4.98. The molecule has 3 heterocycles. The second-order valence-electron chi connectivity index (χ2n) is 7.33. The van der Waals surface area contributed by atoms with E-state index in [0.29, 0.717) is 5.57 Å². The third kappa shape index (κ3) is 3.06. The number of para-hydroxylation sites is 1. The fourth-order valence-electron chi connectivity index (χ4n) is 3.75. The number of aryl methyl sites for hydroxylation is 2. The first-order chi connectivity index (χ1) is 14.1. The Hall–Kier alpha value is -3.86. The van der Waals surface area contributed by atoms with Gasteiger partial charge in [-0.25, -0.2) is 4.68 Å². The van der Waals surface area contributed by atoms with E-state index in [0.717, 1.165) is 45.0 Å². The van der Waals surface area contributed by atoms with Crippen LogP contribution in [0.25, 0.3) is 28.5 Å². The fourth-order valence-corrected chi connectivity index (χ4v) is 3.75. The zero-order valence-corrected chi connectivity index (χ0v) is 16.2. The van der Waals surface area contributed by atoms with Gasteiger partial charge in [-0.3, -0.25) is 4.79 Å². The van der Waals surface area contributed by atoms with Crippen LogP contribution in [0.2, 0.25) is 0 Å². The van der Waals surface area contributed by atoms with E-state index in [1.165, 1.54) is 0 Å². The summed E-state index contributed by atoms with van der Waals surface area (Å²) < 4.78 is 1.85. The van der Waals surface area contributed by atoms with Gasteiger partial charge in [-0.15, -0.1) is 0 Å². The first kappa shape index (κ1) is 17.3. The Bertz CT molecular complexity index is 1260. The predicted molar refractivity (Wildman–Crippen MR) is 116 cm³/mol. The molecule has 0 spiro atoms. The lowest BCUT2D eigenvalue weighted by molar-refractivity contribution is -0.110. The average molecular weight is 380 g/mol. The van der Waals surface area contributed by atoms with Crippen LogP contribution in [-0.2, 0) is 4.79 Å². The second kappa shape index (κ2) is 6.63. The van der Waals surface area contributed by atoms with Crippen LogP contribution in [0.5, 0.6) is 0 Å². The number of hydrogen-bond donors (Lipinski definition) is 2. The van der Waals surface area contributed by atoms with Gasteiger partial charge in [0.2, 0.25) is 0 Å². The molecule has 0 radical (unpaired) electrons. The maximum atomic E-state index is 12.6. The number of hydrogen-bond acceptors (Lipinski definition) is 2. The first-order valence-corrected chi connectivity index (χ1v) is 9.52. The fraction of sp³-hybridized carbons (Fsp3) is 0.0833. The SMILES string of the molecule is Cc1cc(C)c(C=C2C(=O)Nc3ccc(-c4cnn(-c5ccccc5)c4)cc32)[nH]1. The summed E-state index contributed by atoms with van der Waals surface area (Å²) in [6, 6.07) is 18.1. The van der Waals surface area contributed by atoms with E-state index >= 15 is 0 Å². The summed E-state index contributed by atoms with van der Waals surface area (Å²) in [7, 11) is 0. The van der Waals surface area contributed by atoms with Gasteiger partial charge in [0.05, 0.1) is 17.5 Å². The molecule has 0 atom stereocenters. The lowest BCUT2D eigenvalue weighted by atomic mass is 10.0. The van der Waals surface area contributed by atoms with E-state index in [2.05, 4.69) is 27.5 Å². The van der Waals surface area contributed by atoms with Crippen molar-refractivity contribution in [3.63, 3.8) is 0 Å². The van der Waals surface area contributed by atoms with E-state index in [-0.39, 0.29) is 5.91 Å². The number of aromatic amines is 1. The highest BCUT2D eigenvalue weighted by Crippen LogP contribution is 2.36. The van der Waals surface area contributed by atoms with Crippen molar-refractivity contribution in [2.45, 2.75) is 13.8 Å². The molecule has 0 aliphatic carbocycles. The monoisotopic (exact) mass is 380 g/mol. The molecule has 2 N–H and O–H groups in total. The highest BCUT2D eigenvalue weighted by Gasteiger charge is 2.25. The number of H-pyrrole nitrogens is 1. The third-order valence-corrected chi connectivity index (χ3v) is 5.22. The summed E-state index contributed by atoms with van der Waals surface area (Å²) in [5.74, 6) is -0.0798. The van der Waals surface area contributed by atoms with Crippen LogP contribution < -0.4 is 5.32 Å². The number of rotatable bonds is 3. The molecular weight excluding hydrogens is 360 g/mol. The Morgan fingerprint density at radius 3 is 2.59 bits per heavy atom. The summed E-state index contributed by atoms with van der Waals surface area (Å²) >= 11 is 0. The Morgan fingerprint density at radius 2 is 1.83 bits per heavy atom. The molecule has 0 bridgehead atoms. The smallest absolute Gasteiger partial charge is 0.256 e. The normalized spacial score (nSPS) is 14.3. The van der Waals surface area contributed by atoms with E-state index in [9.17, 15) is 4.79 Å². The van der Waals surface area contributed by atoms with Gasteiger partial charge in [0, 0.05) is 34.4 Å². The average Bonchev–Trinajstić information content (AvgIpc) is 3.41. The molecule has 5 nitrogen and oxygen atoms in total. The van der Waals surface area contributed by atoms with E-state index in [1.807, 2.05) is 79.5 Å². The Kier molecular flexibility index (Phi) is 3.95. The molecule has 4 aromatic rings. The van der Waals surface area contributed by atoms with Crippen LogP contribution in [0.1, 0.15) is 22.5 Å². The topological polar surface area (TPSA) is 62.7 Å². The maximum absolute atomic E-state index is 12.6. The van der Waals surface area contributed by atoms with Crippen molar-refractivity contribution in [1.29, 1.82) is 0 Å². The molecule has 0 unspecified atom stereocenters. The number of nitrogens with zero attached hydrogens (tertiary/aromatic N) is 2. The maximum Gasteiger partial charge on any atom is 0.256 e. The summed E-state index contributed by atoms with van der Waals surface area (Å²) in [5.41, 5.74) is 8.61. The molecule has 0 saturated carbocycles. The molecule has 1 aliphatic rings. The molecule has 0 saturated heterocycles. The minimum atomic E-state index is -0.0798. The number of carbonyl (C=O) groups is 1. The molecular formula is C24H20N4O.